The van der Waals surface area contributed by atoms with Gasteiger partial charge in [-0.3, -0.25) is 0 Å². The highest BCUT2D eigenvalue weighted by molar-refractivity contribution is 5.72. The lowest BCUT2D eigenvalue weighted by Gasteiger charge is -2.11. The first-order valence-electron chi connectivity index (χ1n) is 6.56. The van der Waals surface area contributed by atoms with Crippen LogP contribution in [0.25, 0.3) is 11.1 Å². The summed E-state index contributed by atoms with van der Waals surface area (Å²) < 4.78 is 11.0. The molecule has 1 aromatic carbocycles. The molecule has 0 spiro atoms. The zero-order chi connectivity index (χ0) is 13.8. The third kappa shape index (κ3) is 3.18. The predicted octanol–water partition coefficient (Wildman–Crippen LogP) is 3.76. The summed E-state index contributed by atoms with van der Waals surface area (Å²) in [6.45, 7) is 7.04. The van der Waals surface area contributed by atoms with E-state index in [4.69, 9.17) is 9.15 Å². The second-order valence-electron chi connectivity index (χ2n) is 5.00. The first kappa shape index (κ1) is 13.7. The number of ether oxygens (including phenoxy) is 1. The van der Waals surface area contributed by atoms with Crippen LogP contribution in [0.2, 0.25) is 0 Å². The number of nitrogens with one attached hydrogen (secondary N) is 1. The van der Waals surface area contributed by atoms with Gasteiger partial charge in [0.05, 0.1) is 19.9 Å². The van der Waals surface area contributed by atoms with Crippen molar-refractivity contribution in [3.05, 3.63) is 41.9 Å². The Morgan fingerprint density at radius 1 is 1.21 bits per heavy atom. The third-order valence-electron chi connectivity index (χ3n) is 3.06. The number of furan rings is 1. The van der Waals surface area contributed by atoms with Crippen LogP contribution in [0.1, 0.15) is 25.2 Å². The Bertz CT molecular complexity index is 543. The van der Waals surface area contributed by atoms with E-state index in [-0.39, 0.29) is 0 Å². The van der Waals surface area contributed by atoms with E-state index in [1.807, 2.05) is 12.1 Å². The second-order valence-corrected chi connectivity index (χ2v) is 5.00. The third-order valence-corrected chi connectivity index (χ3v) is 3.06. The highest BCUT2D eigenvalue weighted by Gasteiger charge is 2.13. The van der Waals surface area contributed by atoms with Gasteiger partial charge in [0.1, 0.15) is 11.5 Å². The SMILES string of the molecule is COc1ccc(C)cc1-c1ccoc1CNC(C)C. The first-order valence-corrected chi connectivity index (χ1v) is 6.56. The molecule has 1 aromatic heterocycles. The highest BCUT2D eigenvalue weighted by Crippen LogP contribution is 2.33. The molecule has 102 valence electrons. The van der Waals surface area contributed by atoms with Crippen molar-refractivity contribution in [3.63, 3.8) is 0 Å². The zero-order valence-electron chi connectivity index (χ0n) is 12.0. The molecule has 1 N–H and O–H groups in total. The fraction of sp³-hybridized carbons (Fsp3) is 0.375. The van der Waals surface area contributed by atoms with Crippen molar-refractivity contribution in [1.29, 1.82) is 0 Å². The summed E-state index contributed by atoms with van der Waals surface area (Å²) in [5.74, 6) is 1.82. The monoisotopic (exact) mass is 259 g/mol. The highest BCUT2D eigenvalue weighted by atomic mass is 16.5. The maximum Gasteiger partial charge on any atom is 0.126 e. The summed E-state index contributed by atoms with van der Waals surface area (Å²) in [5.41, 5.74) is 3.38. The molecule has 3 heteroatoms. The van der Waals surface area contributed by atoms with E-state index in [9.17, 15) is 0 Å². The molecule has 2 aromatic rings. The molecule has 0 aliphatic rings. The minimum absolute atomic E-state index is 0.428. The van der Waals surface area contributed by atoms with Gasteiger partial charge in [-0.15, -0.1) is 0 Å². The van der Waals surface area contributed by atoms with Crippen LogP contribution in [0.15, 0.2) is 34.9 Å². The molecule has 0 unspecified atom stereocenters. The molecule has 0 aliphatic heterocycles. The van der Waals surface area contributed by atoms with Gasteiger partial charge in [0.15, 0.2) is 0 Å². The molecular weight excluding hydrogens is 238 g/mol. The van der Waals surface area contributed by atoms with Crippen LogP contribution >= 0.6 is 0 Å². The van der Waals surface area contributed by atoms with E-state index in [0.717, 1.165) is 29.2 Å². The van der Waals surface area contributed by atoms with Crippen LogP contribution in [0, 0.1) is 6.92 Å². The fourth-order valence-corrected chi connectivity index (χ4v) is 2.05. The van der Waals surface area contributed by atoms with Crippen molar-refractivity contribution in [2.24, 2.45) is 0 Å². The standard InChI is InChI=1S/C16H21NO2/c1-11(2)17-10-16-13(7-8-19-16)14-9-12(3)5-6-15(14)18-4/h5-9,11,17H,10H2,1-4H3. The molecule has 0 aliphatic carbocycles. The maximum atomic E-state index is 5.59. The average molecular weight is 259 g/mol. The zero-order valence-corrected chi connectivity index (χ0v) is 12.0. The van der Waals surface area contributed by atoms with Gasteiger partial charge in [0, 0.05) is 17.2 Å². The summed E-state index contributed by atoms with van der Waals surface area (Å²) in [4.78, 5) is 0. The van der Waals surface area contributed by atoms with E-state index in [0.29, 0.717) is 6.04 Å². The lowest BCUT2D eigenvalue weighted by atomic mass is 10.0. The van der Waals surface area contributed by atoms with E-state index in [1.165, 1.54) is 5.56 Å². The Morgan fingerprint density at radius 2 is 2.00 bits per heavy atom. The smallest absolute Gasteiger partial charge is 0.126 e. The number of aryl methyl sites for hydroxylation is 1. The Hall–Kier alpha value is -1.74. The number of rotatable bonds is 5. The van der Waals surface area contributed by atoms with Crippen molar-refractivity contribution in [2.75, 3.05) is 7.11 Å². The van der Waals surface area contributed by atoms with Crippen LogP contribution in [0.3, 0.4) is 0 Å². The number of benzene rings is 1. The van der Waals surface area contributed by atoms with E-state index in [1.54, 1.807) is 13.4 Å². The van der Waals surface area contributed by atoms with Crippen LogP contribution in [-0.2, 0) is 6.54 Å². The van der Waals surface area contributed by atoms with Gasteiger partial charge in [-0.25, -0.2) is 0 Å². The Kier molecular flexibility index (Phi) is 4.27. The van der Waals surface area contributed by atoms with Crippen LogP contribution in [0.4, 0.5) is 0 Å². The topological polar surface area (TPSA) is 34.4 Å². The number of hydrogen-bond acceptors (Lipinski definition) is 3. The van der Waals surface area contributed by atoms with Gasteiger partial charge in [-0.1, -0.05) is 25.5 Å². The molecule has 0 atom stereocenters. The van der Waals surface area contributed by atoms with Gasteiger partial charge in [-0.05, 0) is 25.1 Å². The molecular formula is C16H21NO2. The van der Waals surface area contributed by atoms with E-state index < -0.39 is 0 Å². The minimum Gasteiger partial charge on any atom is -0.496 e. The van der Waals surface area contributed by atoms with Crippen molar-refractivity contribution >= 4 is 0 Å². The molecule has 0 radical (unpaired) electrons. The first-order chi connectivity index (χ1) is 9.11. The average Bonchev–Trinajstić information content (AvgIpc) is 2.84. The van der Waals surface area contributed by atoms with Gasteiger partial charge in [0.2, 0.25) is 0 Å². The van der Waals surface area contributed by atoms with Gasteiger partial charge < -0.3 is 14.5 Å². The van der Waals surface area contributed by atoms with E-state index in [2.05, 4.69) is 38.2 Å². The van der Waals surface area contributed by atoms with Gasteiger partial charge in [0.25, 0.3) is 0 Å². The molecule has 0 amide bonds. The number of hydrogen-bond donors (Lipinski definition) is 1. The van der Waals surface area contributed by atoms with Crippen molar-refractivity contribution in [2.45, 2.75) is 33.4 Å². The maximum absolute atomic E-state index is 5.59. The van der Waals surface area contributed by atoms with E-state index >= 15 is 0 Å². The molecule has 1 heterocycles. The van der Waals surface area contributed by atoms with Crippen molar-refractivity contribution in [3.8, 4) is 16.9 Å². The molecule has 19 heavy (non-hydrogen) atoms. The van der Waals surface area contributed by atoms with Crippen LogP contribution < -0.4 is 10.1 Å². The minimum atomic E-state index is 0.428. The molecule has 0 bridgehead atoms. The van der Waals surface area contributed by atoms with Gasteiger partial charge >= 0.3 is 0 Å². The summed E-state index contributed by atoms with van der Waals surface area (Å²) in [6, 6.07) is 8.60. The van der Waals surface area contributed by atoms with Gasteiger partial charge in [-0.2, -0.15) is 0 Å². The Morgan fingerprint density at radius 3 is 2.68 bits per heavy atom. The fourth-order valence-electron chi connectivity index (χ4n) is 2.05. The lowest BCUT2D eigenvalue weighted by Crippen LogP contribution is -2.21. The largest absolute Gasteiger partial charge is 0.496 e. The second kappa shape index (κ2) is 5.93. The summed E-state index contributed by atoms with van der Waals surface area (Å²) in [5, 5.41) is 3.38. The lowest BCUT2D eigenvalue weighted by molar-refractivity contribution is 0.416. The normalized spacial score (nSPS) is 11.0. The molecule has 0 saturated heterocycles. The molecule has 0 saturated carbocycles. The van der Waals surface area contributed by atoms with Crippen LogP contribution in [0.5, 0.6) is 5.75 Å². The summed E-state index contributed by atoms with van der Waals surface area (Å²) in [7, 11) is 1.69. The Balaban J connectivity index is 2.36. The van der Waals surface area contributed by atoms with Crippen LogP contribution in [-0.4, -0.2) is 13.2 Å². The van der Waals surface area contributed by atoms with Crippen molar-refractivity contribution < 1.29 is 9.15 Å². The quantitative estimate of drug-likeness (QED) is 0.887. The summed E-state index contributed by atoms with van der Waals surface area (Å²) >= 11 is 0. The molecule has 0 fully saturated rings. The summed E-state index contributed by atoms with van der Waals surface area (Å²) in [6.07, 6.45) is 1.73. The van der Waals surface area contributed by atoms with Crippen molar-refractivity contribution in [1.82, 2.24) is 5.32 Å². The predicted molar refractivity (Wildman–Crippen MR) is 77.4 cm³/mol. The molecule has 3 nitrogen and oxygen atoms in total. The molecule has 2 rings (SSSR count). The Labute approximate surface area is 114 Å². The number of methoxy groups -OCH3 is 1.